The number of nitrogens with one attached hydrogen (secondary N) is 1. The maximum absolute atomic E-state index is 12.8. The highest BCUT2D eigenvalue weighted by atomic mass is 35.5. The molecule has 3 aromatic rings. The van der Waals surface area contributed by atoms with Crippen molar-refractivity contribution in [1.29, 1.82) is 0 Å². The minimum Gasteiger partial charge on any atom is -0.349 e. The average Bonchev–Trinajstić information content (AvgIpc) is 3.24. The van der Waals surface area contributed by atoms with E-state index in [0.29, 0.717) is 18.2 Å². The first-order chi connectivity index (χ1) is 16.5. The summed E-state index contributed by atoms with van der Waals surface area (Å²) < 4.78 is 1.90. The highest BCUT2D eigenvalue weighted by molar-refractivity contribution is 6.30. The molecule has 1 aliphatic heterocycles. The zero-order valence-electron chi connectivity index (χ0n) is 20.1. The third kappa shape index (κ3) is 6.69. The Morgan fingerprint density at radius 1 is 1.00 bits per heavy atom. The second-order valence-corrected chi connectivity index (χ2v) is 9.81. The summed E-state index contributed by atoms with van der Waals surface area (Å²) in [6.07, 6.45) is 0.870. The molecule has 1 amide bonds. The number of carbonyl (C=O) groups excluding carboxylic acids is 1. The van der Waals surface area contributed by atoms with Crippen LogP contribution in [0.2, 0.25) is 5.02 Å². The number of carbonyl (C=O) groups is 1. The Hall–Kier alpha value is -2.67. The van der Waals surface area contributed by atoms with E-state index in [-0.39, 0.29) is 5.91 Å². The number of aromatic nitrogens is 2. The van der Waals surface area contributed by atoms with Crippen LogP contribution >= 0.6 is 11.6 Å². The maximum Gasteiger partial charge on any atom is 0.271 e. The third-order valence-corrected chi connectivity index (χ3v) is 6.34. The first-order valence-electron chi connectivity index (χ1n) is 12.1. The minimum atomic E-state index is -0.112. The normalized spacial score (nSPS) is 15.1. The lowest BCUT2D eigenvalue weighted by Gasteiger charge is -2.34. The molecule has 0 radical (unpaired) electrons. The molecule has 6 nitrogen and oxygen atoms in total. The molecular formula is C27H34ClN5O. The second kappa shape index (κ2) is 11.6. The van der Waals surface area contributed by atoms with Crippen molar-refractivity contribution in [3.8, 4) is 5.69 Å². The van der Waals surface area contributed by atoms with Crippen LogP contribution in [-0.2, 0) is 13.0 Å². The van der Waals surface area contributed by atoms with Crippen molar-refractivity contribution in [1.82, 2.24) is 24.9 Å². The van der Waals surface area contributed by atoms with E-state index in [1.807, 2.05) is 59.3 Å². The summed E-state index contributed by atoms with van der Waals surface area (Å²) in [4.78, 5) is 17.7. The molecule has 2 aromatic carbocycles. The fourth-order valence-electron chi connectivity index (χ4n) is 4.37. The molecule has 7 heteroatoms. The Bertz CT molecular complexity index is 1070. The fourth-order valence-corrected chi connectivity index (χ4v) is 4.58. The standard InChI is InChI=1S/C27H34ClN5O/c1-21(2)17-25-19-26(30-33(25)24-9-4-3-5-10-24)27(34)29-11-12-31-13-15-32(16-14-31)20-22-7-6-8-23(28)18-22/h3-10,18-19,21H,11-17,20H2,1-2H3,(H,29,34). The number of amides is 1. The zero-order valence-corrected chi connectivity index (χ0v) is 20.8. The number of nitrogens with zero attached hydrogens (tertiary/aromatic N) is 4. The molecule has 0 bridgehead atoms. The largest absolute Gasteiger partial charge is 0.349 e. The fraction of sp³-hybridized carbons (Fsp3) is 0.407. The van der Waals surface area contributed by atoms with Crippen molar-refractivity contribution in [2.24, 2.45) is 5.92 Å². The first-order valence-corrected chi connectivity index (χ1v) is 12.5. The van der Waals surface area contributed by atoms with Gasteiger partial charge in [0.1, 0.15) is 0 Å². The monoisotopic (exact) mass is 479 g/mol. The van der Waals surface area contributed by atoms with Gasteiger partial charge >= 0.3 is 0 Å². The van der Waals surface area contributed by atoms with E-state index >= 15 is 0 Å². The van der Waals surface area contributed by atoms with Crippen molar-refractivity contribution >= 4 is 17.5 Å². The average molecular weight is 480 g/mol. The molecule has 0 aliphatic carbocycles. The van der Waals surface area contributed by atoms with Crippen LogP contribution in [0.25, 0.3) is 5.69 Å². The van der Waals surface area contributed by atoms with Crippen molar-refractivity contribution in [2.45, 2.75) is 26.8 Å². The van der Waals surface area contributed by atoms with Crippen LogP contribution < -0.4 is 5.32 Å². The topological polar surface area (TPSA) is 53.4 Å². The van der Waals surface area contributed by atoms with Gasteiger partial charge in [-0.3, -0.25) is 14.6 Å². The van der Waals surface area contributed by atoms with Gasteiger partial charge in [-0.2, -0.15) is 5.10 Å². The van der Waals surface area contributed by atoms with Crippen LogP contribution in [-0.4, -0.2) is 64.8 Å². The lowest BCUT2D eigenvalue weighted by molar-refractivity contribution is 0.0929. The number of halogens is 1. The van der Waals surface area contributed by atoms with E-state index < -0.39 is 0 Å². The van der Waals surface area contributed by atoms with Crippen molar-refractivity contribution in [3.05, 3.63) is 82.6 Å². The molecular weight excluding hydrogens is 446 g/mol. The number of para-hydroxylation sites is 1. The van der Waals surface area contributed by atoms with Gasteiger partial charge in [-0.05, 0) is 48.2 Å². The summed E-state index contributed by atoms with van der Waals surface area (Å²) in [5.74, 6) is 0.367. The van der Waals surface area contributed by atoms with E-state index in [2.05, 4.69) is 40.1 Å². The Labute approximate surface area is 207 Å². The van der Waals surface area contributed by atoms with Crippen molar-refractivity contribution in [3.63, 3.8) is 0 Å². The van der Waals surface area contributed by atoms with Gasteiger partial charge in [0, 0.05) is 56.5 Å². The Morgan fingerprint density at radius 2 is 1.74 bits per heavy atom. The molecule has 2 heterocycles. The summed E-state index contributed by atoms with van der Waals surface area (Å²) in [5.41, 5.74) is 3.76. The number of hydrogen-bond acceptors (Lipinski definition) is 4. The Kier molecular flexibility index (Phi) is 8.38. The van der Waals surface area contributed by atoms with Crippen molar-refractivity contribution < 1.29 is 4.79 Å². The molecule has 1 fully saturated rings. The minimum absolute atomic E-state index is 0.112. The predicted octanol–water partition coefficient (Wildman–Crippen LogP) is 4.27. The van der Waals surface area contributed by atoms with Gasteiger partial charge in [0.15, 0.2) is 5.69 Å². The lowest BCUT2D eigenvalue weighted by atomic mass is 10.1. The summed E-state index contributed by atoms with van der Waals surface area (Å²) in [7, 11) is 0. The Balaban J connectivity index is 1.26. The molecule has 1 N–H and O–H groups in total. The summed E-state index contributed by atoms with van der Waals surface area (Å²) in [6.45, 7) is 10.8. The van der Waals surface area contributed by atoms with Gasteiger partial charge in [-0.25, -0.2) is 4.68 Å². The van der Waals surface area contributed by atoms with Gasteiger partial charge in [0.2, 0.25) is 0 Å². The molecule has 0 spiro atoms. The van der Waals surface area contributed by atoms with Gasteiger partial charge in [-0.1, -0.05) is 55.8 Å². The van der Waals surface area contributed by atoms with Gasteiger partial charge in [0.05, 0.1) is 5.69 Å². The molecule has 1 aromatic heterocycles. The molecule has 1 aliphatic rings. The van der Waals surface area contributed by atoms with Crippen LogP contribution in [0, 0.1) is 5.92 Å². The first kappa shape index (κ1) is 24.5. The van der Waals surface area contributed by atoms with Crippen LogP contribution in [0.5, 0.6) is 0 Å². The van der Waals surface area contributed by atoms with Crippen LogP contribution in [0.4, 0.5) is 0 Å². The van der Waals surface area contributed by atoms with Gasteiger partial charge in [-0.15, -0.1) is 0 Å². The molecule has 0 atom stereocenters. The number of rotatable bonds is 9. The quantitative estimate of drug-likeness (QED) is 0.498. The zero-order chi connectivity index (χ0) is 23.9. The summed E-state index contributed by atoms with van der Waals surface area (Å²) >= 11 is 6.11. The third-order valence-electron chi connectivity index (χ3n) is 6.11. The van der Waals surface area contributed by atoms with Gasteiger partial charge < -0.3 is 5.32 Å². The highest BCUT2D eigenvalue weighted by Crippen LogP contribution is 2.17. The van der Waals surface area contributed by atoms with Crippen LogP contribution in [0.3, 0.4) is 0 Å². The van der Waals surface area contributed by atoms with Crippen LogP contribution in [0.15, 0.2) is 60.7 Å². The Morgan fingerprint density at radius 3 is 2.44 bits per heavy atom. The van der Waals surface area contributed by atoms with E-state index in [1.165, 1.54) is 5.56 Å². The molecule has 0 unspecified atom stereocenters. The summed E-state index contributed by atoms with van der Waals surface area (Å²) in [6, 6.07) is 20.0. The number of piperazine rings is 1. The van der Waals surface area contributed by atoms with E-state index in [1.54, 1.807) is 0 Å². The molecule has 1 saturated heterocycles. The van der Waals surface area contributed by atoms with E-state index in [4.69, 9.17) is 11.6 Å². The van der Waals surface area contributed by atoms with Crippen molar-refractivity contribution in [2.75, 3.05) is 39.3 Å². The van der Waals surface area contributed by atoms with E-state index in [0.717, 1.165) is 62.1 Å². The SMILES string of the molecule is CC(C)Cc1cc(C(=O)NCCN2CCN(Cc3cccc(Cl)c3)CC2)nn1-c1ccccc1. The summed E-state index contributed by atoms with van der Waals surface area (Å²) in [5, 5.41) is 8.48. The van der Waals surface area contributed by atoms with Crippen LogP contribution in [0.1, 0.15) is 35.6 Å². The smallest absolute Gasteiger partial charge is 0.271 e. The number of benzene rings is 2. The number of hydrogen-bond donors (Lipinski definition) is 1. The predicted molar refractivity (Wildman–Crippen MR) is 138 cm³/mol. The maximum atomic E-state index is 12.8. The van der Waals surface area contributed by atoms with E-state index in [9.17, 15) is 4.79 Å². The molecule has 180 valence electrons. The second-order valence-electron chi connectivity index (χ2n) is 9.37. The lowest BCUT2D eigenvalue weighted by Crippen LogP contribution is -2.48. The highest BCUT2D eigenvalue weighted by Gasteiger charge is 2.19. The molecule has 34 heavy (non-hydrogen) atoms. The molecule has 0 saturated carbocycles. The van der Waals surface area contributed by atoms with Gasteiger partial charge in [0.25, 0.3) is 5.91 Å². The molecule has 4 rings (SSSR count).